The molecule has 9 heteroatoms. The number of ether oxygens (including phenoxy) is 1. The summed E-state index contributed by atoms with van der Waals surface area (Å²) in [4.78, 5) is 25.2. The molecular weight excluding hydrogens is 464 g/mol. The summed E-state index contributed by atoms with van der Waals surface area (Å²) in [6, 6.07) is 9.29. The first-order valence-corrected chi connectivity index (χ1v) is 9.75. The average Bonchev–Trinajstić information content (AvgIpc) is 3.32. The summed E-state index contributed by atoms with van der Waals surface area (Å²) < 4.78 is 13.0. The number of hydrogen-bond acceptors (Lipinski definition) is 6. The summed E-state index contributed by atoms with van der Waals surface area (Å²) in [5, 5.41) is 0. The van der Waals surface area contributed by atoms with Gasteiger partial charge in [0.15, 0.2) is 0 Å². The van der Waals surface area contributed by atoms with Crippen molar-refractivity contribution in [2.75, 3.05) is 13.2 Å². The van der Waals surface area contributed by atoms with Crippen LogP contribution in [0.4, 0.5) is 0 Å². The maximum Gasteiger partial charge on any atom is 3.00 e. The van der Waals surface area contributed by atoms with Crippen LogP contribution in [0, 0.1) is 25.1 Å². The van der Waals surface area contributed by atoms with E-state index in [0.29, 0.717) is 18.8 Å². The Hall–Kier alpha value is -1.27. The molecule has 0 amide bonds. The number of rotatable bonds is 6. The largest absolute Gasteiger partial charge is 3.00 e. The molecule has 1 aliphatic rings. The molecule has 0 bridgehead atoms. The fourth-order valence-corrected chi connectivity index (χ4v) is 4.21. The number of nitrogens with zero attached hydrogens (tertiary/aromatic N) is 4. The molecule has 1 fully saturated rings. The molecule has 146 valence electrons. The third-order valence-corrected chi connectivity index (χ3v) is 5.63. The van der Waals surface area contributed by atoms with E-state index < -0.39 is 0 Å². The van der Waals surface area contributed by atoms with E-state index in [1.807, 2.05) is 31.5 Å². The van der Waals surface area contributed by atoms with Crippen LogP contribution in [0.1, 0.15) is 34.9 Å². The van der Waals surface area contributed by atoms with E-state index in [2.05, 4.69) is 35.3 Å². The van der Waals surface area contributed by atoms with Gasteiger partial charge in [-0.15, -0.1) is 0 Å². The standard InChI is InChI=1S/C20H22N4O3P.Y/c1-13-18-19(22-11-21-13)24(12-23-18)17-7-15(16(8-17)10-27-28)9-26-20(25)14-5-3-2-4-6-14;/h2-6,12,15-17H,7-10,28H2,1H3;/q-1;+3. The number of esters is 1. The third kappa shape index (κ3) is 4.91. The number of carbonyl (C=O) groups is 1. The van der Waals surface area contributed by atoms with Crippen molar-refractivity contribution in [3.05, 3.63) is 54.2 Å². The molecule has 1 aromatic carbocycles. The Labute approximate surface area is 197 Å². The van der Waals surface area contributed by atoms with E-state index in [-0.39, 0.29) is 56.6 Å². The van der Waals surface area contributed by atoms with E-state index in [1.165, 1.54) is 0 Å². The Morgan fingerprint density at radius 3 is 2.66 bits per heavy atom. The fourth-order valence-electron chi connectivity index (χ4n) is 3.97. The zero-order valence-corrected chi connectivity index (χ0v) is 20.2. The first-order valence-electron chi connectivity index (χ1n) is 9.28. The second-order valence-electron chi connectivity index (χ2n) is 7.18. The number of carbonyl (C=O) groups excluding carboxylic acids is 1. The van der Waals surface area contributed by atoms with Gasteiger partial charge in [-0.3, -0.25) is 4.98 Å². The number of aryl methyl sites for hydroxylation is 1. The van der Waals surface area contributed by atoms with Gasteiger partial charge in [0, 0.05) is 38.9 Å². The first-order chi connectivity index (χ1) is 13.7. The zero-order chi connectivity index (χ0) is 19.5. The summed E-state index contributed by atoms with van der Waals surface area (Å²) in [7, 11) is 2.31. The van der Waals surface area contributed by atoms with Crippen molar-refractivity contribution in [3.8, 4) is 0 Å². The van der Waals surface area contributed by atoms with Crippen molar-refractivity contribution >= 4 is 26.6 Å². The average molecular weight is 486 g/mol. The minimum absolute atomic E-state index is 0. The van der Waals surface area contributed by atoms with Crippen molar-refractivity contribution in [2.24, 2.45) is 11.8 Å². The Balaban J connectivity index is 0.00000240. The molecule has 0 saturated heterocycles. The predicted molar refractivity (Wildman–Crippen MR) is 107 cm³/mol. The number of imidazole rings is 1. The van der Waals surface area contributed by atoms with Crippen molar-refractivity contribution in [1.82, 2.24) is 19.5 Å². The third-order valence-electron chi connectivity index (χ3n) is 5.44. The number of fused-ring (bicyclic) bond motifs is 1. The van der Waals surface area contributed by atoms with Gasteiger partial charge >= 0.3 is 38.7 Å². The molecule has 4 unspecified atom stereocenters. The summed E-state index contributed by atoms with van der Waals surface area (Å²) in [6.45, 7) is 2.88. The van der Waals surface area contributed by atoms with Crippen LogP contribution in [0.25, 0.3) is 11.2 Å². The molecule has 2 aromatic heterocycles. The quantitative estimate of drug-likeness (QED) is 0.303. The van der Waals surface area contributed by atoms with Crippen LogP contribution in [0.5, 0.6) is 0 Å². The SMILES string of the molecule is Cc1n[c-]nc2c1ncn2C1CC(COP)C(COC(=O)c2ccccc2)C1.[Y+3]. The van der Waals surface area contributed by atoms with Crippen LogP contribution in [-0.4, -0.2) is 38.7 Å². The summed E-state index contributed by atoms with van der Waals surface area (Å²) in [5.41, 5.74) is 2.99. The minimum Gasteiger partial charge on any atom is -0.462 e. The van der Waals surface area contributed by atoms with Crippen LogP contribution in [0.3, 0.4) is 0 Å². The van der Waals surface area contributed by atoms with Gasteiger partial charge in [-0.2, -0.15) is 0 Å². The number of benzene rings is 1. The minimum atomic E-state index is -0.291. The van der Waals surface area contributed by atoms with Gasteiger partial charge < -0.3 is 23.8 Å². The van der Waals surface area contributed by atoms with E-state index >= 15 is 0 Å². The molecule has 2 heterocycles. The molecule has 1 saturated carbocycles. The van der Waals surface area contributed by atoms with Crippen LogP contribution in [-0.2, 0) is 42.0 Å². The Morgan fingerprint density at radius 1 is 1.21 bits per heavy atom. The second kappa shape index (κ2) is 10.2. The summed E-state index contributed by atoms with van der Waals surface area (Å²) in [6.07, 6.45) is 6.31. The molecule has 7 nitrogen and oxygen atoms in total. The molecule has 0 spiro atoms. The Bertz CT molecular complexity index is 969. The topological polar surface area (TPSA) is 79.1 Å². The van der Waals surface area contributed by atoms with Gasteiger partial charge in [0.2, 0.25) is 0 Å². The van der Waals surface area contributed by atoms with Gasteiger partial charge in [0.05, 0.1) is 25.1 Å². The first kappa shape index (κ1) is 22.4. The molecule has 0 N–H and O–H groups in total. The van der Waals surface area contributed by atoms with Gasteiger partial charge in [0.25, 0.3) is 0 Å². The van der Waals surface area contributed by atoms with Crippen molar-refractivity contribution in [2.45, 2.75) is 25.8 Å². The van der Waals surface area contributed by atoms with E-state index in [0.717, 1.165) is 29.7 Å². The van der Waals surface area contributed by atoms with Crippen LogP contribution in [0.2, 0.25) is 0 Å². The number of hydrogen-bond donors (Lipinski definition) is 0. The normalized spacial score (nSPS) is 21.1. The molecule has 0 radical (unpaired) electrons. The molecular formula is C20H22N4O3PY+2. The van der Waals surface area contributed by atoms with Gasteiger partial charge in [-0.1, -0.05) is 25.1 Å². The van der Waals surface area contributed by atoms with Crippen LogP contribution >= 0.6 is 9.47 Å². The predicted octanol–water partition coefficient (Wildman–Crippen LogP) is 3.16. The maximum atomic E-state index is 12.3. The van der Waals surface area contributed by atoms with Crippen molar-refractivity contribution in [1.29, 1.82) is 0 Å². The molecule has 4 atom stereocenters. The second-order valence-corrected chi connectivity index (χ2v) is 7.51. The Morgan fingerprint density at radius 2 is 1.93 bits per heavy atom. The Kier molecular flexibility index (Phi) is 7.86. The van der Waals surface area contributed by atoms with Crippen molar-refractivity contribution in [3.63, 3.8) is 0 Å². The van der Waals surface area contributed by atoms with Crippen molar-refractivity contribution < 1.29 is 46.8 Å². The van der Waals surface area contributed by atoms with Crippen LogP contribution in [0.15, 0.2) is 36.7 Å². The summed E-state index contributed by atoms with van der Waals surface area (Å²) >= 11 is 0. The number of aromatic nitrogens is 4. The van der Waals surface area contributed by atoms with E-state index in [1.54, 1.807) is 12.1 Å². The maximum absolute atomic E-state index is 12.3. The smallest absolute Gasteiger partial charge is 0.462 e. The summed E-state index contributed by atoms with van der Waals surface area (Å²) in [5.74, 6) is 0.207. The molecule has 29 heavy (non-hydrogen) atoms. The van der Waals surface area contributed by atoms with Crippen LogP contribution < -0.4 is 0 Å². The fraction of sp³-hybridized carbons (Fsp3) is 0.400. The monoisotopic (exact) mass is 486 g/mol. The zero-order valence-electron chi connectivity index (χ0n) is 16.2. The van der Waals surface area contributed by atoms with Gasteiger partial charge in [0.1, 0.15) is 0 Å². The molecule has 3 aromatic rings. The van der Waals surface area contributed by atoms with E-state index in [4.69, 9.17) is 9.26 Å². The van der Waals surface area contributed by atoms with Gasteiger partial charge in [-0.25, -0.2) is 4.79 Å². The molecule has 0 aliphatic heterocycles. The molecule has 1 aliphatic carbocycles. The van der Waals surface area contributed by atoms with E-state index in [9.17, 15) is 4.79 Å². The molecule has 4 rings (SSSR count). The van der Waals surface area contributed by atoms with Gasteiger partial charge in [-0.05, 0) is 36.6 Å².